The highest BCUT2D eigenvalue weighted by Crippen LogP contribution is 2.32. The van der Waals surface area contributed by atoms with Crippen LogP contribution in [0.25, 0.3) is 0 Å². The van der Waals surface area contributed by atoms with Crippen molar-refractivity contribution < 1.29 is 14.3 Å². The number of carbonyl (C=O) groups excluding carboxylic acids is 2. The largest absolute Gasteiger partial charge is 0.462 e. The van der Waals surface area contributed by atoms with Gasteiger partial charge in [-0.1, -0.05) is 49.1 Å². The lowest BCUT2D eigenvalue weighted by Crippen LogP contribution is -2.45. The van der Waals surface area contributed by atoms with Crippen molar-refractivity contribution in [3.63, 3.8) is 0 Å². The van der Waals surface area contributed by atoms with Gasteiger partial charge < -0.3 is 15.4 Å². The molecule has 0 saturated heterocycles. The first-order chi connectivity index (χ1) is 12.1. The lowest BCUT2D eigenvalue weighted by Gasteiger charge is -2.29. The molecule has 2 N–H and O–H groups in total. The molecule has 1 atom stereocenters. The molecule has 1 aromatic carbocycles. The number of hydrogen-bond acceptors (Lipinski definition) is 3. The van der Waals surface area contributed by atoms with Crippen LogP contribution in [0.3, 0.4) is 0 Å². The average molecular weight is 363 g/mol. The number of esters is 1. The fourth-order valence-corrected chi connectivity index (χ4v) is 3.78. The molecule has 1 saturated carbocycles. The number of nitrogens with one attached hydrogen (secondary N) is 2. The number of urea groups is 1. The van der Waals surface area contributed by atoms with Crippen molar-refractivity contribution in [1.29, 1.82) is 0 Å². The maximum absolute atomic E-state index is 12.7. The van der Waals surface area contributed by atoms with Gasteiger partial charge >= 0.3 is 12.0 Å². The second-order valence-electron chi connectivity index (χ2n) is 6.69. The summed E-state index contributed by atoms with van der Waals surface area (Å²) < 4.78 is 5.59. The van der Waals surface area contributed by atoms with Crippen LogP contribution in [-0.2, 0) is 9.53 Å². The number of halogens is 1. The lowest BCUT2D eigenvalue weighted by molar-refractivity contribution is -0.141. The molecule has 3 rings (SSSR count). The van der Waals surface area contributed by atoms with Gasteiger partial charge in [0.05, 0.1) is 18.2 Å². The number of carbonyl (C=O) groups is 2. The predicted octanol–water partition coefficient (Wildman–Crippen LogP) is 4.09. The van der Waals surface area contributed by atoms with Gasteiger partial charge in [-0.15, -0.1) is 0 Å². The minimum atomic E-state index is -0.610. The fourth-order valence-electron chi connectivity index (χ4n) is 3.53. The average Bonchev–Trinajstić information content (AvgIpc) is 2.60. The van der Waals surface area contributed by atoms with Crippen LogP contribution in [0.15, 0.2) is 35.5 Å². The van der Waals surface area contributed by atoms with Crippen LogP contribution < -0.4 is 10.6 Å². The van der Waals surface area contributed by atoms with Crippen LogP contribution in [0.5, 0.6) is 0 Å². The summed E-state index contributed by atoms with van der Waals surface area (Å²) in [5.74, 6) is 0.0315. The third-order valence-electron chi connectivity index (χ3n) is 4.88. The first-order valence-corrected chi connectivity index (χ1v) is 9.14. The van der Waals surface area contributed by atoms with E-state index in [1.54, 1.807) is 19.1 Å². The van der Waals surface area contributed by atoms with Crippen LogP contribution in [0.1, 0.15) is 50.6 Å². The van der Waals surface area contributed by atoms with E-state index < -0.39 is 12.0 Å². The van der Waals surface area contributed by atoms with E-state index in [2.05, 4.69) is 10.6 Å². The van der Waals surface area contributed by atoms with Crippen molar-refractivity contribution in [2.75, 3.05) is 6.61 Å². The summed E-state index contributed by atoms with van der Waals surface area (Å²) in [7, 11) is 0. The first-order valence-electron chi connectivity index (χ1n) is 8.76. The molecule has 1 aromatic rings. The van der Waals surface area contributed by atoms with E-state index in [0.29, 0.717) is 34.4 Å². The Morgan fingerprint density at radius 1 is 1.24 bits per heavy atom. The molecule has 25 heavy (non-hydrogen) atoms. The number of amides is 2. The summed E-state index contributed by atoms with van der Waals surface area (Å²) in [4.78, 5) is 24.6. The molecule has 6 heteroatoms. The zero-order valence-corrected chi connectivity index (χ0v) is 15.1. The van der Waals surface area contributed by atoms with Crippen LogP contribution in [0.2, 0.25) is 5.02 Å². The number of hydrogen-bond donors (Lipinski definition) is 2. The molecule has 1 aliphatic carbocycles. The summed E-state index contributed by atoms with van der Waals surface area (Å²) in [6, 6.07) is 6.22. The van der Waals surface area contributed by atoms with Gasteiger partial charge in [-0.25, -0.2) is 9.59 Å². The second-order valence-corrected chi connectivity index (χ2v) is 7.10. The van der Waals surface area contributed by atoms with E-state index in [4.69, 9.17) is 16.3 Å². The minimum absolute atomic E-state index is 0.355. The second kappa shape index (κ2) is 7.91. The molecule has 1 heterocycles. The quantitative estimate of drug-likeness (QED) is 0.792. The highest BCUT2D eigenvalue weighted by Gasteiger charge is 2.33. The Morgan fingerprint density at radius 3 is 2.68 bits per heavy atom. The molecule has 134 valence electrons. The smallest absolute Gasteiger partial charge is 0.338 e. The van der Waals surface area contributed by atoms with Crippen molar-refractivity contribution in [1.82, 2.24) is 10.6 Å². The third-order valence-corrected chi connectivity index (χ3v) is 5.22. The van der Waals surface area contributed by atoms with Crippen molar-refractivity contribution in [3.8, 4) is 0 Å². The Kier molecular flexibility index (Phi) is 5.63. The van der Waals surface area contributed by atoms with Gasteiger partial charge in [0.2, 0.25) is 0 Å². The molecule has 1 fully saturated rings. The molecule has 1 unspecified atom stereocenters. The van der Waals surface area contributed by atoms with Crippen LogP contribution >= 0.6 is 11.6 Å². The topological polar surface area (TPSA) is 67.4 Å². The van der Waals surface area contributed by atoms with Gasteiger partial charge in [0.15, 0.2) is 0 Å². The standard InChI is InChI=1S/C19H23ClN2O3/c1-12-16(18(23)25-11-13-7-3-2-4-8-13)17(22-19(24)21-12)14-9-5-6-10-15(14)20/h5-6,9-10,13,17H,2-4,7-8,11H2,1H3,(H2,21,22,24). The fraction of sp³-hybridized carbons (Fsp3) is 0.474. The normalized spacial score (nSPS) is 21.5. The van der Waals surface area contributed by atoms with Crippen LogP contribution in [0.4, 0.5) is 4.79 Å². The zero-order chi connectivity index (χ0) is 17.8. The summed E-state index contributed by atoms with van der Waals surface area (Å²) in [6.07, 6.45) is 5.87. The summed E-state index contributed by atoms with van der Waals surface area (Å²) in [5, 5.41) is 5.93. The maximum atomic E-state index is 12.7. The summed E-state index contributed by atoms with van der Waals surface area (Å²) >= 11 is 6.28. The van der Waals surface area contributed by atoms with Crippen molar-refractivity contribution in [3.05, 3.63) is 46.1 Å². The molecule has 2 aliphatic rings. The van der Waals surface area contributed by atoms with E-state index in [-0.39, 0.29) is 6.03 Å². The molecule has 0 bridgehead atoms. The molecule has 2 amide bonds. The van der Waals surface area contributed by atoms with Gasteiger partial charge in [0.1, 0.15) is 0 Å². The van der Waals surface area contributed by atoms with Crippen molar-refractivity contribution in [2.45, 2.75) is 45.1 Å². The molecule has 0 spiro atoms. The van der Waals surface area contributed by atoms with Crippen molar-refractivity contribution >= 4 is 23.6 Å². The molecular weight excluding hydrogens is 340 g/mol. The third kappa shape index (κ3) is 4.15. The van der Waals surface area contributed by atoms with Gasteiger partial charge in [-0.2, -0.15) is 0 Å². The molecule has 0 radical (unpaired) electrons. The summed E-state index contributed by atoms with van der Waals surface area (Å²) in [6.45, 7) is 2.14. The Morgan fingerprint density at radius 2 is 1.96 bits per heavy atom. The molecule has 1 aliphatic heterocycles. The highest BCUT2D eigenvalue weighted by atomic mass is 35.5. The Hall–Kier alpha value is -2.01. The lowest BCUT2D eigenvalue weighted by atomic mass is 9.90. The minimum Gasteiger partial charge on any atom is -0.462 e. The van der Waals surface area contributed by atoms with Crippen molar-refractivity contribution in [2.24, 2.45) is 5.92 Å². The number of benzene rings is 1. The predicted molar refractivity (Wildman–Crippen MR) is 96.1 cm³/mol. The number of allylic oxidation sites excluding steroid dienone is 1. The van der Waals surface area contributed by atoms with Crippen LogP contribution in [0, 0.1) is 5.92 Å². The number of rotatable bonds is 4. The first kappa shape index (κ1) is 17.8. The Labute approximate surface area is 152 Å². The highest BCUT2D eigenvalue weighted by molar-refractivity contribution is 6.31. The Bertz CT molecular complexity index is 696. The monoisotopic (exact) mass is 362 g/mol. The van der Waals surface area contributed by atoms with E-state index in [1.165, 1.54) is 19.3 Å². The summed E-state index contributed by atoms with van der Waals surface area (Å²) in [5.41, 5.74) is 1.59. The van der Waals surface area contributed by atoms with Gasteiger partial charge in [-0.3, -0.25) is 0 Å². The van der Waals surface area contributed by atoms with E-state index >= 15 is 0 Å². The molecule has 0 aromatic heterocycles. The van der Waals surface area contributed by atoms with E-state index in [9.17, 15) is 9.59 Å². The maximum Gasteiger partial charge on any atom is 0.338 e. The van der Waals surface area contributed by atoms with Gasteiger partial charge in [-0.05, 0) is 37.3 Å². The molecular formula is C19H23ClN2O3. The SMILES string of the molecule is CC1=C(C(=O)OCC2CCCCC2)C(c2ccccc2Cl)NC(=O)N1. The molecule has 5 nitrogen and oxygen atoms in total. The Balaban J connectivity index is 1.79. The van der Waals surface area contributed by atoms with Gasteiger partial charge in [0.25, 0.3) is 0 Å². The zero-order valence-electron chi connectivity index (χ0n) is 14.3. The van der Waals surface area contributed by atoms with E-state index in [0.717, 1.165) is 12.8 Å². The van der Waals surface area contributed by atoms with Crippen LogP contribution in [-0.4, -0.2) is 18.6 Å². The van der Waals surface area contributed by atoms with E-state index in [1.807, 2.05) is 12.1 Å². The van der Waals surface area contributed by atoms with Gasteiger partial charge in [0, 0.05) is 10.7 Å². The number of ether oxygens (including phenoxy) is 1.